The highest BCUT2D eigenvalue weighted by Gasteiger charge is 2.12. The molecule has 0 aliphatic rings. The molecule has 0 atom stereocenters. The molecule has 0 aliphatic carbocycles. The summed E-state index contributed by atoms with van der Waals surface area (Å²) >= 11 is 0. The molecular formula is C19H13FN4O2. The molecule has 4 rings (SSSR count). The van der Waals surface area contributed by atoms with Crippen molar-refractivity contribution < 1.29 is 13.7 Å². The molecule has 1 amide bonds. The van der Waals surface area contributed by atoms with Gasteiger partial charge in [-0.2, -0.15) is 0 Å². The molecule has 4 aromatic rings. The van der Waals surface area contributed by atoms with Crippen molar-refractivity contribution in [2.24, 2.45) is 0 Å². The van der Waals surface area contributed by atoms with Crippen LogP contribution in [0.4, 0.5) is 4.39 Å². The first-order valence-electron chi connectivity index (χ1n) is 7.90. The first-order chi connectivity index (χ1) is 12.7. The van der Waals surface area contributed by atoms with Gasteiger partial charge in [-0.15, -0.1) is 0 Å². The first kappa shape index (κ1) is 15.9. The molecule has 6 nitrogen and oxygen atoms in total. The average molecular weight is 348 g/mol. The van der Waals surface area contributed by atoms with E-state index in [1.807, 2.05) is 6.07 Å². The Labute approximate surface area is 147 Å². The molecular weight excluding hydrogens is 335 g/mol. The summed E-state index contributed by atoms with van der Waals surface area (Å²) < 4.78 is 19.0. The summed E-state index contributed by atoms with van der Waals surface area (Å²) in [6.45, 7) is 0.142. The number of carbonyl (C=O) groups excluding carboxylic acids is 1. The van der Waals surface area contributed by atoms with Crippen molar-refractivity contribution in [3.63, 3.8) is 0 Å². The third-order valence-corrected chi connectivity index (χ3v) is 3.84. The van der Waals surface area contributed by atoms with Crippen LogP contribution in [0.2, 0.25) is 0 Å². The summed E-state index contributed by atoms with van der Waals surface area (Å²) in [4.78, 5) is 20.4. The van der Waals surface area contributed by atoms with Crippen LogP contribution in [0.15, 0.2) is 65.4 Å². The number of hydrogen-bond donors (Lipinski definition) is 1. The van der Waals surface area contributed by atoms with E-state index >= 15 is 0 Å². The molecule has 0 unspecified atom stereocenters. The van der Waals surface area contributed by atoms with Gasteiger partial charge in [0.15, 0.2) is 5.76 Å². The molecule has 0 bridgehead atoms. The van der Waals surface area contributed by atoms with Crippen molar-refractivity contribution in [1.82, 2.24) is 20.4 Å². The topological polar surface area (TPSA) is 80.9 Å². The monoisotopic (exact) mass is 348 g/mol. The van der Waals surface area contributed by atoms with Crippen LogP contribution in [0.3, 0.4) is 0 Å². The largest absolute Gasteiger partial charge is 0.359 e. The number of hydrogen-bond acceptors (Lipinski definition) is 5. The van der Waals surface area contributed by atoms with Crippen molar-refractivity contribution in [2.75, 3.05) is 0 Å². The molecule has 0 aliphatic heterocycles. The van der Waals surface area contributed by atoms with Crippen molar-refractivity contribution in [1.29, 1.82) is 0 Å². The second-order valence-electron chi connectivity index (χ2n) is 5.61. The average Bonchev–Trinajstić information content (AvgIpc) is 3.16. The van der Waals surface area contributed by atoms with Gasteiger partial charge in [0.05, 0.1) is 6.54 Å². The second-order valence-corrected chi connectivity index (χ2v) is 5.61. The van der Waals surface area contributed by atoms with Crippen LogP contribution in [0.1, 0.15) is 16.2 Å². The van der Waals surface area contributed by atoms with Gasteiger partial charge in [-0.3, -0.25) is 9.78 Å². The molecule has 26 heavy (non-hydrogen) atoms. The standard InChI is InChI=1S/C19H13FN4O2/c20-15-5-1-3-12-6-7-16(23-18(12)15)19(25)22-11-14-9-17(24-26-14)13-4-2-8-21-10-13/h1-10H,11H2,(H,22,25). The molecule has 3 heterocycles. The number of amides is 1. The Morgan fingerprint density at radius 2 is 2.08 bits per heavy atom. The van der Waals surface area contributed by atoms with E-state index in [1.54, 1.807) is 48.8 Å². The highest BCUT2D eigenvalue weighted by Crippen LogP contribution is 2.18. The predicted molar refractivity (Wildman–Crippen MR) is 92.6 cm³/mol. The lowest BCUT2D eigenvalue weighted by atomic mass is 10.2. The summed E-state index contributed by atoms with van der Waals surface area (Å²) in [5.41, 5.74) is 1.75. The second kappa shape index (κ2) is 6.72. The van der Waals surface area contributed by atoms with E-state index in [0.717, 1.165) is 5.56 Å². The zero-order valence-electron chi connectivity index (χ0n) is 13.5. The normalized spacial score (nSPS) is 10.8. The molecule has 0 fully saturated rings. The van der Waals surface area contributed by atoms with Gasteiger partial charge in [-0.05, 0) is 24.3 Å². The number of nitrogens with zero attached hydrogens (tertiary/aromatic N) is 3. The maximum Gasteiger partial charge on any atom is 0.270 e. The van der Waals surface area contributed by atoms with E-state index in [-0.39, 0.29) is 17.8 Å². The number of rotatable bonds is 4. The van der Waals surface area contributed by atoms with Gasteiger partial charge in [-0.1, -0.05) is 23.4 Å². The fourth-order valence-corrected chi connectivity index (χ4v) is 2.54. The van der Waals surface area contributed by atoms with Crippen LogP contribution in [0.25, 0.3) is 22.2 Å². The number of carbonyl (C=O) groups is 1. The SMILES string of the molecule is O=C(NCc1cc(-c2cccnc2)no1)c1ccc2cccc(F)c2n1. The van der Waals surface area contributed by atoms with Crippen LogP contribution in [0, 0.1) is 5.82 Å². The molecule has 0 radical (unpaired) electrons. The van der Waals surface area contributed by atoms with Crippen molar-refractivity contribution in [2.45, 2.75) is 6.54 Å². The molecule has 1 N–H and O–H groups in total. The van der Waals surface area contributed by atoms with Crippen LogP contribution in [0.5, 0.6) is 0 Å². The Hall–Kier alpha value is -3.61. The third kappa shape index (κ3) is 3.14. The lowest BCUT2D eigenvalue weighted by molar-refractivity contribution is 0.0942. The summed E-state index contributed by atoms with van der Waals surface area (Å²) in [5, 5.41) is 7.29. The number of benzene rings is 1. The zero-order valence-corrected chi connectivity index (χ0v) is 13.5. The minimum Gasteiger partial charge on any atom is -0.359 e. The van der Waals surface area contributed by atoms with Gasteiger partial charge < -0.3 is 9.84 Å². The number of nitrogens with one attached hydrogen (secondary N) is 1. The third-order valence-electron chi connectivity index (χ3n) is 3.84. The predicted octanol–water partition coefficient (Wildman–Crippen LogP) is 3.35. The van der Waals surface area contributed by atoms with Gasteiger partial charge in [0.1, 0.15) is 22.7 Å². The summed E-state index contributed by atoms with van der Waals surface area (Å²) in [6.07, 6.45) is 3.35. The van der Waals surface area contributed by atoms with Crippen LogP contribution < -0.4 is 5.32 Å². The van der Waals surface area contributed by atoms with Crippen LogP contribution in [-0.2, 0) is 6.54 Å². The van der Waals surface area contributed by atoms with E-state index in [4.69, 9.17) is 4.52 Å². The molecule has 0 spiro atoms. The number of fused-ring (bicyclic) bond motifs is 1. The van der Waals surface area contributed by atoms with E-state index in [1.165, 1.54) is 6.07 Å². The molecule has 0 saturated carbocycles. The van der Waals surface area contributed by atoms with E-state index in [2.05, 4.69) is 20.4 Å². The van der Waals surface area contributed by atoms with E-state index in [9.17, 15) is 9.18 Å². The Kier molecular flexibility index (Phi) is 4.10. The zero-order chi connectivity index (χ0) is 17.9. The summed E-state index contributed by atoms with van der Waals surface area (Å²) in [5.74, 6) is -0.396. The molecule has 3 aromatic heterocycles. The molecule has 0 saturated heterocycles. The Morgan fingerprint density at radius 1 is 1.15 bits per heavy atom. The minimum atomic E-state index is -0.464. The van der Waals surface area contributed by atoms with Gasteiger partial charge in [0.25, 0.3) is 5.91 Å². The van der Waals surface area contributed by atoms with Crippen LogP contribution in [-0.4, -0.2) is 21.0 Å². The fraction of sp³-hybridized carbons (Fsp3) is 0.0526. The van der Waals surface area contributed by atoms with E-state index < -0.39 is 11.7 Å². The highest BCUT2D eigenvalue weighted by atomic mass is 19.1. The molecule has 7 heteroatoms. The van der Waals surface area contributed by atoms with E-state index in [0.29, 0.717) is 16.8 Å². The lowest BCUT2D eigenvalue weighted by Gasteiger charge is -2.04. The Bertz CT molecular complexity index is 1080. The smallest absolute Gasteiger partial charge is 0.270 e. The van der Waals surface area contributed by atoms with Gasteiger partial charge >= 0.3 is 0 Å². The summed E-state index contributed by atoms with van der Waals surface area (Å²) in [6, 6.07) is 13.3. The van der Waals surface area contributed by atoms with Crippen molar-refractivity contribution in [3.8, 4) is 11.3 Å². The maximum atomic E-state index is 13.8. The fourth-order valence-electron chi connectivity index (χ4n) is 2.54. The number of halogens is 1. The van der Waals surface area contributed by atoms with Crippen molar-refractivity contribution >= 4 is 16.8 Å². The first-order valence-corrected chi connectivity index (χ1v) is 7.90. The lowest BCUT2D eigenvalue weighted by Crippen LogP contribution is -2.23. The summed E-state index contributed by atoms with van der Waals surface area (Å²) in [7, 11) is 0. The number of aromatic nitrogens is 3. The van der Waals surface area contributed by atoms with Gasteiger partial charge in [0, 0.05) is 29.4 Å². The maximum absolute atomic E-state index is 13.8. The van der Waals surface area contributed by atoms with Gasteiger partial charge in [0.2, 0.25) is 0 Å². The van der Waals surface area contributed by atoms with Crippen molar-refractivity contribution in [3.05, 3.63) is 78.2 Å². The molecule has 128 valence electrons. The number of pyridine rings is 2. The number of para-hydroxylation sites is 1. The van der Waals surface area contributed by atoms with Crippen LogP contribution >= 0.6 is 0 Å². The quantitative estimate of drug-likeness (QED) is 0.612. The Morgan fingerprint density at radius 3 is 2.92 bits per heavy atom. The Balaban J connectivity index is 1.47. The highest BCUT2D eigenvalue weighted by molar-refractivity contribution is 5.94. The van der Waals surface area contributed by atoms with Gasteiger partial charge in [-0.25, -0.2) is 9.37 Å². The minimum absolute atomic E-state index is 0.134. The molecule has 1 aromatic carbocycles.